The first kappa shape index (κ1) is 16.7. The SMILES string of the molecule is N#C/C(=N\Nc1cc(C(=O)N2CCOCC2)ccc1Cl)C(=N)N. The molecule has 9 heteroatoms. The number of carbonyl (C=O) groups is 1. The van der Waals surface area contributed by atoms with Crippen molar-refractivity contribution in [2.24, 2.45) is 10.8 Å². The minimum atomic E-state index is -0.461. The second kappa shape index (κ2) is 7.58. The first-order valence-corrected chi connectivity index (χ1v) is 7.15. The molecule has 120 valence electrons. The number of anilines is 1. The molecule has 2 rings (SSSR count). The van der Waals surface area contributed by atoms with Crippen molar-refractivity contribution in [1.82, 2.24) is 4.90 Å². The lowest BCUT2D eigenvalue weighted by atomic mass is 10.1. The van der Waals surface area contributed by atoms with E-state index in [-0.39, 0.29) is 11.6 Å². The number of nitrogens with two attached hydrogens (primary N) is 1. The van der Waals surface area contributed by atoms with Crippen LogP contribution in [0.15, 0.2) is 23.3 Å². The number of amidine groups is 1. The predicted molar refractivity (Wildman–Crippen MR) is 86.8 cm³/mol. The van der Waals surface area contributed by atoms with E-state index in [1.165, 1.54) is 0 Å². The molecule has 8 nitrogen and oxygen atoms in total. The third-order valence-corrected chi connectivity index (χ3v) is 3.49. The number of nitrogens with one attached hydrogen (secondary N) is 2. The average molecular weight is 335 g/mol. The fourth-order valence-corrected chi connectivity index (χ4v) is 2.11. The summed E-state index contributed by atoms with van der Waals surface area (Å²) in [4.78, 5) is 14.1. The molecule has 1 heterocycles. The van der Waals surface area contributed by atoms with Gasteiger partial charge in [0.25, 0.3) is 5.91 Å². The van der Waals surface area contributed by atoms with Crippen LogP contribution in [0.25, 0.3) is 0 Å². The molecular weight excluding hydrogens is 320 g/mol. The van der Waals surface area contributed by atoms with E-state index >= 15 is 0 Å². The second-order valence-corrected chi connectivity index (χ2v) is 5.10. The van der Waals surface area contributed by atoms with Crippen LogP contribution in [0.5, 0.6) is 0 Å². The van der Waals surface area contributed by atoms with E-state index < -0.39 is 5.84 Å². The van der Waals surface area contributed by atoms with Crippen molar-refractivity contribution >= 4 is 34.7 Å². The van der Waals surface area contributed by atoms with Gasteiger partial charge in [-0.15, -0.1) is 0 Å². The second-order valence-electron chi connectivity index (χ2n) is 4.70. The Labute approximate surface area is 138 Å². The van der Waals surface area contributed by atoms with Crippen molar-refractivity contribution in [3.05, 3.63) is 28.8 Å². The van der Waals surface area contributed by atoms with Gasteiger partial charge in [-0.05, 0) is 18.2 Å². The quantitative estimate of drug-likeness (QED) is 0.430. The molecular formula is C14H15ClN6O2. The van der Waals surface area contributed by atoms with Gasteiger partial charge in [0, 0.05) is 18.7 Å². The monoisotopic (exact) mass is 334 g/mol. The lowest BCUT2D eigenvalue weighted by molar-refractivity contribution is 0.0303. The van der Waals surface area contributed by atoms with Gasteiger partial charge in [-0.2, -0.15) is 10.4 Å². The molecule has 1 aliphatic rings. The van der Waals surface area contributed by atoms with Crippen LogP contribution in [0.4, 0.5) is 5.69 Å². The Morgan fingerprint density at radius 3 is 2.78 bits per heavy atom. The Morgan fingerprint density at radius 2 is 2.17 bits per heavy atom. The van der Waals surface area contributed by atoms with Gasteiger partial charge < -0.3 is 15.4 Å². The predicted octanol–water partition coefficient (Wildman–Crippen LogP) is 1.04. The fourth-order valence-electron chi connectivity index (χ4n) is 1.95. The first-order valence-electron chi connectivity index (χ1n) is 6.77. The van der Waals surface area contributed by atoms with E-state index in [1.54, 1.807) is 29.2 Å². The number of hydrazone groups is 1. The minimum Gasteiger partial charge on any atom is -0.382 e. The minimum absolute atomic E-state index is 0.135. The molecule has 4 N–H and O–H groups in total. The topological polar surface area (TPSA) is 128 Å². The van der Waals surface area contributed by atoms with Crippen molar-refractivity contribution in [1.29, 1.82) is 10.7 Å². The third-order valence-electron chi connectivity index (χ3n) is 3.16. The lowest BCUT2D eigenvalue weighted by Crippen LogP contribution is -2.40. The van der Waals surface area contributed by atoms with Crippen molar-refractivity contribution in [3.63, 3.8) is 0 Å². The van der Waals surface area contributed by atoms with Crippen LogP contribution in [0, 0.1) is 16.7 Å². The lowest BCUT2D eigenvalue weighted by Gasteiger charge is -2.27. The molecule has 0 spiro atoms. The molecule has 23 heavy (non-hydrogen) atoms. The fraction of sp³-hybridized carbons (Fsp3) is 0.286. The molecule has 1 fully saturated rings. The summed E-state index contributed by atoms with van der Waals surface area (Å²) in [5.74, 6) is -0.597. The number of nitrogens with zero attached hydrogens (tertiary/aromatic N) is 3. The Balaban J connectivity index is 2.20. The van der Waals surface area contributed by atoms with Gasteiger partial charge in [-0.25, -0.2) is 0 Å². The van der Waals surface area contributed by atoms with Crippen molar-refractivity contribution in [2.75, 3.05) is 31.7 Å². The van der Waals surface area contributed by atoms with Gasteiger partial charge in [-0.1, -0.05) is 11.6 Å². The van der Waals surface area contributed by atoms with Gasteiger partial charge in [0.05, 0.1) is 23.9 Å². The van der Waals surface area contributed by atoms with Crippen LogP contribution in [0.1, 0.15) is 10.4 Å². The Bertz CT molecular complexity index is 691. The first-order chi connectivity index (χ1) is 11.0. The van der Waals surface area contributed by atoms with Crippen molar-refractivity contribution in [3.8, 4) is 6.07 Å². The molecule has 0 aromatic heterocycles. The number of nitriles is 1. The summed E-state index contributed by atoms with van der Waals surface area (Å²) in [7, 11) is 0. The van der Waals surface area contributed by atoms with E-state index in [2.05, 4.69) is 10.5 Å². The largest absolute Gasteiger partial charge is 0.382 e. The number of amides is 1. The van der Waals surface area contributed by atoms with E-state index in [9.17, 15) is 4.79 Å². The molecule has 0 aliphatic carbocycles. The molecule has 0 radical (unpaired) electrons. The zero-order valence-electron chi connectivity index (χ0n) is 12.2. The highest BCUT2D eigenvalue weighted by Gasteiger charge is 2.19. The summed E-state index contributed by atoms with van der Waals surface area (Å²) in [6.45, 7) is 2.09. The number of hydrogen-bond acceptors (Lipinski definition) is 6. The van der Waals surface area contributed by atoms with Gasteiger partial charge >= 0.3 is 0 Å². The molecule has 0 atom stereocenters. The van der Waals surface area contributed by atoms with Gasteiger partial charge in [0.2, 0.25) is 5.71 Å². The van der Waals surface area contributed by atoms with Gasteiger partial charge in [0.1, 0.15) is 6.07 Å². The maximum Gasteiger partial charge on any atom is 0.254 e. The van der Waals surface area contributed by atoms with Crippen LogP contribution in [-0.4, -0.2) is 48.7 Å². The summed E-state index contributed by atoms with van der Waals surface area (Å²) < 4.78 is 5.22. The van der Waals surface area contributed by atoms with E-state index in [4.69, 9.17) is 32.7 Å². The van der Waals surface area contributed by atoms with Crippen molar-refractivity contribution < 1.29 is 9.53 Å². The number of ether oxygens (including phenoxy) is 1. The molecule has 1 aromatic carbocycles. The van der Waals surface area contributed by atoms with Crippen LogP contribution >= 0.6 is 11.6 Å². The highest BCUT2D eigenvalue weighted by Crippen LogP contribution is 2.24. The maximum absolute atomic E-state index is 12.4. The smallest absolute Gasteiger partial charge is 0.254 e. The highest BCUT2D eigenvalue weighted by molar-refractivity contribution is 6.46. The Kier molecular flexibility index (Phi) is 5.51. The third kappa shape index (κ3) is 4.18. The molecule has 0 saturated carbocycles. The Morgan fingerprint density at radius 1 is 1.48 bits per heavy atom. The molecule has 0 unspecified atom stereocenters. The zero-order valence-corrected chi connectivity index (χ0v) is 12.9. The molecule has 0 bridgehead atoms. The van der Waals surface area contributed by atoms with Crippen molar-refractivity contribution in [2.45, 2.75) is 0 Å². The molecule has 1 aromatic rings. The zero-order chi connectivity index (χ0) is 16.8. The van der Waals surface area contributed by atoms with Gasteiger partial charge in [-0.3, -0.25) is 15.6 Å². The van der Waals surface area contributed by atoms with Gasteiger partial charge in [0.15, 0.2) is 5.84 Å². The molecule has 1 saturated heterocycles. The standard InChI is InChI=1S/C14H15ClN6O2/c15-10-2-1-9(14(22)21-3-5-23-6-4-21)7-11(10)19-20-12(8-16)13(17)18/h1-2,7,19H,3-6H2,(H3,17,18)/b20-12+. The van der Waals surface area contributed by atoms with Crippen LogP contribution in [0.2, 0.25) is 5.02 Å². The number of carbonyl (C=O) groups excluding carboxylic acids is 1. The van der Waals surface area contributed by atoms with Crippen LogP contribution in [0.3, 0.4) is 0 Å². The summed E-state index contributed by atoms with van der Waals surface area (Å²) in [6.07, 6.45) is 0. The highest BCUT2D eigenvalue weighted by atomic mass is 35.5. The summed E-state index contributed by atoms with van der Waals surface area (Å²) >= 11 is 6.05. The number of rotatable bonds is 4. The number of halogens is 1. The number of hydrogen-bond donors (Lipinski definition) is 3. The van der Waals surface area contributed by atoms with E-state index in [1.807, 2.05) is 0 Å². The summed E-state index contributed by atoms with van der Waals surface area (Å²) in [5.41, 5.74) is 8.29. The molecule has 1 aliphatic heterocycles. The van der Waals surface area contributed by atoms with Crippen LogP contribution in [-0.2, 0) is 4.74 Å². The van der Waals surface area contributed by atoms with Crippen LogP contribution < -0.4 is 11.2 Å². The maximum atomic E-state index is 12.4. The number of morpholine rings is 1. The van der Waals surface area contributed by atoms with E-state index in [0.29, 0.717) is 42.6 Å². The Hall–Kier alpha value is -2.63. The average Bonchev–Trinajstić information content (AvgIpc) is 2.56. The normalized spacial score (nSPS) is 15.0. The summed E-state index contributed by atoms with van der Waals surface area (Å²) in [5, 5.41) is 20.0. The number of benzene rings is 1. The van der Waals surface area contributed by atoms with E-state index in [0.717, 1.165) is 0 Å². The summed E-state index contributed by atoms with van der Waals surface area (Å²) in [6, 6.07) is 6.41. The molecule has 1 amide bonds.